The van der Waals surface area contributed by atoms with Gasteiger partial charge in [0.1, 0.15) is 110 Å². The molecule has 11 unspecified atom stereocenters. The number of nitrogen functional groups attached to an aromatic ring is 2. The third-order valence-electron chi connectivity index (χ3n) is 22.3. The van der Waals surface area contributed by atoms with Gasteiger partial charge in [0, 0.05) is 112 Å². The number of aromatic amines is 4. The van der Waals surface area contributed by atoms with E-state index in [1.165, 1.54) is 81.6 Å². The van der Waals surface area contributed by atoms with Crippen molar-refractivity contribution in [2.45, 2.75) is 203 Å². The number of phosphoric acid groups is 1. The number of H-pyrrole nitrogens is 4. The van der Waals surface area contributed by atoms with Crippen LogP contribution in [0.1, 0.15) is 96.9 Å². The average molecular weight is 2120 g/mol. The molecular formula is C73H107N14O41P5S4. The summed E-state index contributed by atoms with van der Waals surface area (Å²) < 4.78 is 224. The molecule has 6 aromatic heterocycles. The molecule has 10 N–H and O–H groups in total. The van der Waals surface area contributed by atoms with Crippen molar-refractivity contribution >= 4 is 95.6 Å². The van der Waals surface area contributed by atoms with Gasteiger partial charge < -0.3 is 87.8 Å². The summed E-state index contributed by atoms with van der Waals surface area (Å²) in [6.45, 7) is -16.4. The van der Waals surface area contributed by atoms with Crippen molar-refractivity contribution < 1.29 is 144 Å². The molecule has 764 valence electrons. The first-order chi connectivity index (χ1) is 64.7. The molecule has 0 amide bonds. The van der Waals surface area contributed by atoms with Gasteiger partial charge >= 0.3 is 69.2 Å². The second-order valence-electron chi connectivity index (χ2n) is 31.9. The van der Waals surface area contributed by atoms with Crippen molar-refractivity contribution in [2.75, 3.05) is 126 Å². The quantitative estimate of drug-likeness (QED) is 0.0144. The summed E-state index contributed by atoms with van der Waals surface area (Å²) in [7, 11) is -0.621. The Hall–Kier alpha value is -6.41. The number of nitrogens with zero attached hydrogens (tertiary/aromatic N) is 8. The number of phosphoric ester groups is 1. The van der Waals surface area contributed by atoms with E-state index >= 15 is 13.7 Å². The highest BCUT2D eigenvalue weighted by molar-refractivity contribution is 8.45. The molecule has 0 spiro atoms. The van der Waals surface area contributed by atoms with Crippen molar-refractivity contribution in [2.24, 2.45) is 0 Å². The van der Waals surface area contributed by atoms with Crippen LogP contribution in [0.15, 0.2) is 85.1 Å². The maximum Gasteiger partial charge on any atom is 0.472 e. The minimum atomic E-state index is -5.92. The number of rotatable bonds is 48. The number of nitrogens with two attached hydrogens (primary N) is 2. The van der Waals surface area contributed by atoms with E-state index in [9.17, 15) is 67.1 Å². The van der Waals surface area contributed by atoms with Gasteiger partial charge in [0.2, 0.25) is 0 Å². The van der Waals surface area contributed by atoms with Gasteiger partial charge in [-0.15, -0.1) is 0 Å². The van der Waals surface area contributed by atoms with Crippen molar-refractivity contribution in [3.05, 3.63) is 175 Å². The van der Waals surface area contributed by atoms with Crippen LogP contribution in [0.3, 0.4) is 0 Å². The fourth-order valence-electron chi connectivity index (χ4n) is 15.4. The summed E-state index contributed by atoms with van der Waals surface area (Å²) in [5.41, 5.74) is 3.49. The Morgan fingerprint density at radius 3 is 1.03 bits per heavy atom. The monoisotopic (exact) mass is 2120 g/mol. The summed E-state index contributed by atoms with van der Waals surface area (Å²) in [5.74, 6) is -0.287. The summed E-state index contributed by atoms with van der Waals surface area (Å²) in [4.78, 5) is 161. The molecule has 6 saturated heterocycles. The maximum absolute atomic E-state index is 15.5. The number of thiol groups is 4. The van der Waals surface area contributed by atoms with Crippen molar-refractivity contribution in [3.63, 3.8) is 0 Å². The van der Waals surface area contributed by atoms with Crippen molar-refractivity contribution in [3.8, 4) is 0 Å². The van der Waals surface area contributed by atoms with Gasteiger partial charge in [-0.25, -0.2) is 51.6 Å². The molecule has 0 aromatic carbocycles. The Morgan fingerprint density at radius 2 is 0.657 bits per heavy atom. The van der Waals surface area contributed by atoms with E-state index in [4.69, 9.17) is 123 Å². The Balaban J connectivity index is 0.824. The molecule has 6 fully saturated rings. The summed E-state index contributed by atoms with van der Waals surface area (Å²) in [6.07, 6.45) is -28.5. The Kier molecular flexibility index (Phi) is 37.5. The molecule has 0 bridgehead atoms. The van der Waals surface area contributed by atoms with Gasteiger partial charge in [-0.05, 0) is 48.0 Å². The zero-order valence-electron chi connectivity index (χ0n) is 75.1. The summed E-state index contributed by atoms with van der Waals surface area (Å²) in [6, 6.07) is 0. The highest BCUT2D eigenvalue weighted by Crippen LogP contribution is 2.62. The lowest BCUT2D eigenvalue weighted by molar-refractivity contribution is -0.0846. The van der Waals surface area contributed by atoms with Gasteiger partial charge in [0.05, 0.1) is 98.1 Å². The van der Waals surface area contributed by atoms with Gasteiger partial charge in [-0.3, -0.25) is 112 Å². The second kappa shape index (κ2) is 47.0. The Labute approximate surface area is 796 Å². The fourth-order valence-corrected chi connectivity index (χ4v) is 22.4. The molecule has 55 nitrogen and oxygen atoms in total. The van der Waals surface area contributed by atoms with Crippen LogP contribution in [-0.4, -0.2) is 279 Å². The van der Waals surface area contributed by atoms with Gasteiger partial charge in [0.25, 0.3) is 22.2 Å². The van der Waals surface area contributed by atoms with Crippen LogP contribution in [0.2, 0.25) is 0 Å². The average Bonchev–Trinajstić information content (AvgIpc) is 1.64. The number of aryl methyl sites for hydroxylation is 6. The third-order valence-corrected chi connectivity index (χ3v) is 29.8. The first kappa shape index (κ1) is 109. The smallest absolute Gasteiger partial charge is 0.387 e. The molecule has 27 atom stereocenters. The lowest BCUT2D eigenvalue weighted by Gasteiger charge is -2.29. The lowest BCUT2D eigenvalue weighted by Crippen LogP contribution is -2.42. The fraction of sp³-hybridized carbons (Fsp3) is 0.671. The minimum absolute atomic E-state index is 0.0260. The van der Waals surface area contributed by atoms with Crippen LogP contribution in [0, 0.1) is 41.5 Å². The van der Waals surface area contributed by atoms with E-state index in [0.29, 0.717) is 5.56 Å². The number of aromatic nitrogens is 12. The largest absolute Gasteiger partial charge is 0.472 e. The van der Waals surface area contributed by atoms with E-state index in [1.807, 2.05) is 0 Å². The molecule has 0 saturated carbocycles. The second-order valence-corrected chi connectivity index (χ2v) is 44.8. The summed E-state index contributed by atoms with van der Waals surface area (Å²) >= 11 is 17.2. The molecule has 0 radical (unpaired) electrons. The zero-order chi connectivity index (χ0) is 99.8. The number of methoxy groups -OCH3 is 4. The van der Waals surface area contributed by atoms with E-state index in [1.54, 1.807) is 13.8 Å². The van der Waals surface area contributed by atoms with Gasteiger partial charge in [-0.2, -0.15) is 9.97 Å². The van der Waals surface area contributed by atoms with Crippen molar-refractivity contribution in [1.29, 1.82) is 0 Å². The van der Waals surface area contributed by atoms with Crippen LogP contribution in [0.25, 0.3) is 0 Å². The SMILES string of the molecule is CC[C@H]1O[C@@H](n2cc(C)c(=O)[nH]c2=O)CC1OP(=O)(S)OC[C@H]1O[C@@H](n2cc(C)c(=O)[nH]c2=O)CC1OP(=O)(S)OC[C@H]1O[C@@H](n2cc(C)c(=O)[nH]c2=O)[C@@H](OCCOC)C1OP(=O)(O)OC[C@H]1O[C@@H](n2cc(C)c(=O)[nH]c2=O)[C@@H](OCCOC)C1OP(=O)(S)OC[C@H]1O[C@@H](n2cc(C)c(N)nc2=O)[C@@H](OCCOC)C1OP(=O)(S)OC[C@H]1O[C@@H](n2cc(C)c(N)nc2=O)[C@@H](OCCOC)C1O. The predicted octanol–water partition coefficient (Wildman–Crippen LogP) is 1.04. The van der Waals surface area contributed by atoms with Crippen molar-refractivity contribution in [1.82, 2.24) is 57.3 Å². The minimum Gasteiger partial charge on any atom is -0.387 e. The molecular weight excluding hydrogens is 2010 g/mol. The molecule has 6 aromatic rings. The lowest BCUT2D eigenvalue weighted by atomic mass is 10.1. The van der Waals surface area contributed by atoms with E-state index < -0.39 is 279 Å². The van der Waals surface area contributed by atoms with Crippen LogP contribution in [0.5, 0.6) is 0 Å². The summed E-state index contributed by atoms with van der Waals surface area (Å²) in [5, 5.41) is 11.8. The topological polar surface area (TPSA) is 689 Å². The Bertz CT molecular complexity index is 6170. The molecule has 6 aliphatic heterocycles. The highest BCUT2D eigenvalue weighted by atomic mass is 32.7. The first-order valence-electron chi connectivity index (χ1n) is 42.0. The van der Waals surface area contributed by atoms with E-state index in [-0.39, 0.29) is 91.9 Å². The van der Waals surface area contributed by atoms with Gasteiger partial charge in [-0.1, -0.05) is 55.9 Å². The predicted molar refractivity (Wildman–Crippen MR) is 485 cm³/mol. The number of ether oxygens (including phenoxy) is 14. The van der Waals surface area contributed by atoms with Crippen LogP contribution < -0.4 is 67.8 Å². The number of hydrogen-bond acceptors (Lipinski definition) is 44. The molecule has 12 rings (SSSR count). The Morgan fingerprint density at radius 1 is 0.372 bits per heavy atom. The molecule has 0 aliphatic carbocycles. The third kappa shape index (κ3) is 27.2. The number of hydrogen-bond donors (Lipinski definition) is 12. The normalized spacial score (nSPS) is 29.5. The highest BCUT2D eigenvalue weighted by Gasteiger charge is 2.58. The number of aliphatic hydroxyl groups excluding tert-OH is 1. The maximum atomic E-state index is 15.5. The molecule has 12 heterocycles. The first-order valence-corrected chi connectivity index (χ1v) is 54.3. The molecule has 137 heavy (non-hydrogen) atoms. The van der Waals surface area contributed by atoms with Crippen LogP contribution in [0.4, 0.5) is 11.6 Å². The van der Waals surface area contributed by atoms with E-state index in [0.717, 1.165) is 46.0 Å². The number of anilines is 2. The zero-order valence-corrected chi connectivity index (χ0v) is 83.1. The molecule has 6 aliphatic rings. The van der Waals surface area contributed by atoms with E-state index in [2.05, 4.69) is 78.9 Å². The van der Waals surface area contributed by atoms with Crippen LogP contribution >= 0.6 is 84.0 Å². The standard InChI is InChI=1S/C73H107N14O41P5S4/c1-12-40-41(21-48(118-40)82-25-36(4)60(89)78-70(82)95)124-130(101,134)114-29-43-42(22-49(119-43)83-26-37(5)61(90)79-71(83)96)125-131(102,135)116-32-46-51(55(110-18-14-106-9)65(122-46)86-27-38(6)62(91)80-72(86)97)126-129(99,100)113-31-45-52(56(111-19-15-107-10)67(121-45)87-28-39(7)63(92)81-73(87)98)127-133(104,137)117-33-47-53(57(112-20-16-108-11)66(123-47)85-24-35(3)59(75)77-69(85)94)128-132(103,136)115-30-44-50(88)54(109-17-13-105-8)64(120-44)84-23-34(2)58(74)76-68(84)93/h23-28,40-57,64-67,88H,12-22,29-33H2,1-11H3,(H,99,100)(H,101,134)(H,102,135)(H,103,136)(H,104,137)(H2,74,76,93)(H2,75,77,94)(H,78,89,95)(H,79,90,96)(H,80,91,97)(H,81,92,98)/t40-,41?,42?,43-,44-,45-,46-,47-,48-,49-,50?,51?,52?,53?,54+,55+,56+,57+,64-,65-,66-,67-,130?,131?,132?,133?/m1/s1. The number of aliphatic hydroxyl groups is 1. The molecule has 64 heteroatoms. The van der Waals surface area contributed by atoms with Crippen LogP contribution in [-0.2, 0) is 134 Å². The van der Waals surface area contributed by atoms with Gasteiger partial charge in [0.15, 0.2) is 24.9 Å². The number of nitrogens with one attached hydrogen (secondary N) is 4.